The van der Waals surface area contributed by atoms with Gasteiger partial charge >= 0.3 is 7.12 Å². The summed E-state index contributed by atoms with van der Waals surface area (Å²) in [4.78, 5) is 10.7. The molecule has 2 aromatic carbocycles. The van der Waals surface area contributed by atoms with Crippen molar-refractivity contribution in [3.8, 4) is 33.4 Å². The van der Waals surface area contributed by atoms with E-state index in [9.17, 15) is 0 Å². The summed E-state index contributed by atoms with van der Waals surface area (Å²) in [7, 11) is -0.393. The van der Waals surface area contributed by atoms with Gasteiger partial charge in [-0.15, -0.1) is 0 Å². The van der Waals surface area contributed by atoms with Gasteiger partial charge in [0.1, 0.15) is 0 Å². The second kappa shape index (κ2) is 15.1. The van der Waals surface area contributed by atoms with Crippen LogP contribution in [0, 0.1) is 13.8 Å². The highest BCUT2D eigenvalue weighted by Gasteiger charge is 2.51. The molecule has 0 bridgehead atoms. The molecule has 0 aliphatic carbocycles. The van der Waals surface area contributed by atoms with Crippen LogP contribution in [-0.2, 0) is 9.31 Å². The van der Waals surface area contributed by atoms with E-state index in [1.54, 1.807) is 24.8 Å². The average molecular weight is 742 g/mol. The molecule has 1 aliphatic heterocycles. The van der Waals surface area contributed by atoms with Crippen molar-refractivity contribution in [3.63, 3.8) is 0 Å². The molecule has 1 aliphatic rings. The zero-order valence-electron chi connectivity index (χ0n) is 27.8. The number of nitrogens with zero attached hydrogens (tertiary/aromatic N) is 4. The van der Waals surface area contributed by atoms with Gasteiger partial charge in [0.05, 0.1) is 21.9 Å². The first-order chi connectivity index (χ1) is 22.9. The van der Waals surface area contributed by atoms with Crippen LogP contribution in [0.3, 0.4) is 0 Å². The first-order valence-corrected chi connectivity index (χ1v) is 17.6. The third-order valence-electron chi connectivity index (χ3n) is 8.35. The summed E-state index contributed by atoms with van der Waals surface area (Å²) in [6, 6.07) is 19.8. The summed E-state index contributed by atoms with van der Waals surface area (Å²) >= 11 is 6.33. The van der Waals surface area contributed by atoms with Crippen LogP contribution in [0.1, 0.15) is 37.4 Å². The number of pyridine rings is 2. The van der Waals surface area contributed by atoms with E-state index in [0.29, 0.717) is 5.69 Å². The Bertz CT molecular complexity index is 1940. The largest absolute Gasteiger partial charge is 0.494 e. The maximum absolute atomic E-state index is 6.22. The average Bonchev–Trinajstić information content (AvgIpc) is 3.73. The van der Waals surface area contributed by atoms with E-state index in [4.69, 9.17) is 20.8 Å². The molecular formula is C36H38BBrN6O2S2. The number of anilines is 2. The molecule has 6 aromatic rings. The zero-order valence-corrected chi connectivity index (χ0v) is 31.0. The molecule has 48 heavy (non-hydrogen) atoms. The quantitative estimate of drug-likeness (QED) is 0.136. The molecule has 246 valence electrons. The van der Waals surface area contributed by atoms with Gasteiger partial charge in [0.2, 0.25) is 0 Å². The van der Waals surface area contributed by atoms with Crippen molar-refractivity contribution in [3.05, 3.63) is 112 Å². The topological polar surface area (TPSA) is 122 Å². The van der Waals surface area contributed by atoms with Gasteiger partial charge in [-0.05, 0) is 116 Å². The first-order valence-electron chi connectivity index (χ1n) is 15.3. The number of rotatable bonds is 4. The summed E-state index contributed by atoms with van der Waals surface area (Å²) in [5, 5.41) is 0. The van der Waals surface area contributed by atoms with Crippen molar-refractivity contribution in [2.45, 2.75) is 52.7 Å². The monoisotopic (exact) mass is 740 g/mol. The van der Waals surface area contributed by atoms with Crippen molar-refractivity contribution >= 4 is 63.0 Å². The smallest absolute Gasteiger partial charge is 0.399 e. The minimum Gasteiger partial charge on any atom is -0.399 e. The fourth-order valence-corrected chi connectivity index (χ4v) is 6.37. The third-order valence-corrected chi connectivity index (χ3v) is 10.8. The van der Waals surface area contributed by atoms with E-state index in [2.05, 4.69) is 47.6 Å². The third kappa shape index (κ3) is 8.19. The SMILES string of the molecule is CC1(C)OB(c2ccc(-c3cccnc3)c(N)c2)OC1(C)C.Cc1sncc1-c1ccc(-c2cccnc2)c(N)c1.Cc1sncc1Br. The minimum absolute atomic E-state index is 0.353. The van der Waals surface area contributed by atoms with Crippen LogP contribution >= 0.6 is 39.0 Å². The Morgan fingerprint density at radius 3 is 1.60 bits per heavy atom. The number of halogens is 1. The van der Waals surface area contributed by atoms with Gasteiger partial charge in [0, 0.05) is 79.9 Å². The molecule has 0 amide bonds. The summed E-state index contributed by atoms with van der Waals surface area (Å²) < 4.78 is 21.3. The van der Waals surface area contributed by atoms with Crippen LogP contribution in [-0.4, -0.2) is 37.0 Å². The number of aromatic nitrogens is 4. The number of benzene rings is 2. The fourth-order valence-electron chi connectivity index (χ4n) is 4.87. The van der Waals surface area contributed by atoms with Gasteiger partial charge in [0.25, 0.3) is 0 Å². The van der Waals surface area contributed by atoms with Crippen LogP contribution in [0.2, 0.25) is 0 Å². The molecule has 1 fully saturated rings. The van der Waals surface area contributed by atoms with Crippen molar-refractivity contribution in [2.24, 2.45) is 0 Å². The number of nitrogens with two attached hydrogens (primary N) is 2. The van der Waals surface area contributed by atoms with Crippen molar-refractivity contribution in [1.29, 1.82) is 0 Å². The second-order valence-electron chi connectivity index (χ2n) is 12.2. The Morgan fingerprint density at radius 1 is 0.646 bits per heavy atom. The molecule has 4 aromatic heterocycles. The Balaban J connectivity index is 0.000000158. The number of nitrogen functional groups attached to an aromatic ring is 2. The molecule has 8 nitrogen and oxygen atoms in total. The summed E-state index contributed by atoms with van der Waals surface area (Å²) in [6.07, 6.45) is 10.8. The standard InChI is InChI=1S/C17H21BN2O2.C15H13N3S.C4H4BrNS/c1-16(2)17(3,4)22-18(21-16)13-7-8-14(15(19)10-13)12-6-5-9-20-11-12;1-10-14(9-18-19-10)11-4-5-13(15(16)7-11)12-3-2-6-17-8-12;1-3-4(5)2-6-7-3/h5-11H,19H2,1-4H3;2-9H,16H2,1H3;2H,1H3. The number of hydrogen-bond acceptors (Lipinski definition) is 10. The molecule has 5 heterocycles. The lowest BCUT2D eigenvalue weighted by atomic mass is 9.78. The highest BCUT2D eigenvalue weighted by molar-refractivity contribution is 9.10. The second-order valence-corrected chi connectivity index (χ2v) is 15.1. The molecular weight excluding hydrogens is 703 g/mol. The van der Waals surface area contributed by atoms with Gasteiger partial charge in [0.15, 0.2) is 0 Å². The minimum atomic E-state index is -0.393. The van der Waals surface area contributed by atoms with Gasteiger partial charge in [-0.3, -0.25) is 9.97 Å². The number of aryl methyl sites for hydroxylation is 2. The van der Waals surface area contributed by atoms with Gasteiger partial charge in [-0.2, -0.15) is 4.37 Å². The molecule has 4 N–H and O–H groups in total. The molecule has 12 heteroatoms. The highest BCUT2D eigenvalue weighted by atomic mass is 79.9. The molecule has 0 unspecified atom stereocenters. The maximum Gasteiger partial charge on any atom is 0.494 e. The summed E-state index contributed by atoms with van der Waals surface area (Å²) in [5.41, 5.74) is 20.3. The van der Waals surface area contributed by atoms with Crippen molar-refractivity contribution < 1.29 is 9.31 Å². The lowest BCUT2D eigenvalue weighted by Gasteiger charge is -2.32. The van der Waals surface area contributed by atoms with Crippen LogP contribution in [0.25, 0.3) is 33.4 Å². The number of hydrogen-bond donors (Lipinski definition) is 2. The van der Waals surface area contributed by atoms with Gasteiger partial charge in [-0.1, -0.05) is 36.4 Å². The molecule has 1 saturated heterocycles. The van der Waals surface area contributed by atoms with E-state index in [1.165, 1.54) is 32.8 Å². The molecule has 0 spiro atoms. The highest BCUT2D eigenvalue weighted by Crippen LogP contribution is 2.37. The zero-order chi connectivity index (χ0) is 34.5. The van der Waals surface area contributed by atoms with Crippen LogP contribution in [0.5, 0.6) is 0 Å². The van der Waals surface area contributed by atoms with Crippen LogP contribution in [0.15, 0.2) is 102 Å². The summed E-state index contributed by atoms with van der Waals surface area (Å²) in [5.74, 6) is 0. The van der Waals surface area contributed by atoms with Gasteiger partial charge in [-0.25, -0.2) is 4.37 Å². The molecule has 0 radical (unpaired) electrons. The van der Waals surface area contributed by atoms with E-state index in [-0.39, 0.29) is 11.2 Å². The lowest BCUT2D eigenvalue weighted by Crippen LogP contribution is -2.41. The maximum atomic E-state index is 6.22. The molecule has 0 saturated carbocycles. The van der Waals surface area contributed by atoms with Crippen LogP contribution < -0.4 is 16.9 Å². The Labute approximate surface area is 299 Å². The summed E-state index contributed by atoms with van der Waals surface area (Å²) in [6.45, 7) is 12.3. The predicted octanol–water partition coefficient (Wildman–Crippen LogP) is 8.61. The van der Waals surface area contributed by atoms with E-state index in [1.807, 2.05) is 102 Å². The van der Waals surface area contributed by atoms with Crippen molar-refractivity contribution in [1.82, 2.24) is 18.7 Å². The van der Waals surface area contributed by atoms with E-state index < -0.39 is 7.12 Å². The first kappa shape index (κ1) is 35.4. The molecule has 0 atom stereocenters. The van der Waals surface area contributed by atoms with Crippen LogP contribution in [0.4, 0.5) is 11.4 Å². The van der Waals surface area contributed by atoms with Crippen molar-refractivity contribution in [2.75, 3.05) is 11.5 Å². The van der Waals surface area contributed by atoms with E-state index in [0.717, 1.165) is 49.0 Å². The normalized spacial score (nSPS) is 14.4. The Morgan fingerprint density at radius 2 is 1.19 bits per heavy atom. The lowest BCUT2D eigenvalue weighted by molar-refractivity contribution is 0.00578. The van der Waals surface area contributed by atoms with Gasteiger partial charge < -0.3 is 20.8 Å². The van der Waals surface area contributed by atoms with E-state index >= 15 is 0 Å². The fraction of sp³-hybridized carbons (Fsp3) is 0.222. The Kier molecular flexibility index (Phi) is 11.1. The Hall–Kier alpha value is -3.94. The molecule has 7 rings (SSSR count). The predicted molar refractivity (Wildman–Crippen MR) is 204 cm³/mol.